The van der Waals surface area contributed by atoms with Gasteiger partial charge >= 0.3 is 5.63 Å². The van der Waals surface area contributed by atoms with Gasteiger partial charge in [0.2, 0.25) is 0 Å². The van der Waals surface area contributed by atoms with E-state index in [4.69, 9.17) is 4.42 Å². The van der Waals surface area contributed by atoms with Gasteiger partial charge < -0.3 is 9.52 Å². The zero-order valence-corrected chi connectivity index (χ0v) is 13.1. The van der Waals surface area contributed by atoms with E-state index < -0.39 is 5.63 Å². The normalized spacial score (nSPS) is 18.6. The molecule has 114 valence electrons. The van der Waals surface area contributed by atoms with Gasteiger partial charge in [0.05, 0.1) is 5.71 Å². The molecule has 1 unspecified atom stereocenters. The Morgan fingerprint density at radius 2 is 2.09 bits per heavy atom. The highest BCUT2D eigenvalue weighted by Gasteiger charge is 2.23. The first kappa shape index (κ1) is 14.9. The van der Waals surface area contributed by atoms with Crippen LogP contribution in [0.15, 0.2) is 50.6 Å². The van der Waals surface area contributed by atoms with Crippen LogP contribution in [-0.4, -0.2) is 23.1 Å². The lowest BCUT2D eigenvalue weighted by Crippen LogP contribution is -2.17. The Kier molecular flexibility index (Phi) is 4.34. The van der Waals surface area contributed by atoms with Crippen LogP contribution in [0.5, 0.6) is 5.75 Å². The topological polar surface area (TPSA) is 62.8 Å². The van der Waals surface area contributed by atoms with Crippen LogP contribution in [0.25, 0.3) is 0 Å². The smallest absolute Gasteiger partial charge is 0.348 e. The second-order valence-electron chi connectivity index (χ2n) is 5.21. The molecule has 1 aliphatic heterocycles. The maximum absolute atomic E-state index is 12.1. The van der Waals surface area contributed by atoms with Crippen molar-refractivity contribution in [2.24, 2.45) is 4.99 Å². The first-order valence-electron chi connectivity index (χ1n) is 7.19. The Bertz CT molecular complexity index is 752. The van der Waals surface area contributed by atoms with Gasteiger partial charge in [0.15, 0.2) is 0 Å². The molecule has 0 saturated heterocycles. The molecule has 5 heteroatoms. The van der Waals surface area contributed by atoms with Crippen molar-refractivity contribution in [1.29, 1.82) is 0 Å². The molecular formula is C17H17NO3S. The average molecular weight is 315 g/mol. The summed E-state index contributed by atoms with van der Waals surface area (Å²) in [5.74, 6) is 1.24. The molecule has 2 heterocycles. The summed E-state index contributed by atoms with van der Waals surface area (Å²) in [6.07, 6.45) is 0.607. The predicted molar refractivity (Wildman–Crippen MR) is 89.0 cm³/mol. The van der Waals surface area contributed by atoms with Crippen LogP contribution in [0.4, 0.5) is 0 Å². The van der Waals surface area contributed by atoms with E-state index in [-0.39, 0.29) is 16.6 Å². The summed E-state index contributed by atoms with van der Waals surface area (Å²) in [5, 5.41) is 10.4. The van der Waals surface area contributed by atoms with Crippen LogP contribution in [0.3, 0.4) is 0 Å². The summed E-state index contributed by atoms with van der Waals surface area (Å²) < 4.78 is 5.12. The number of hydrogen-bond donors (Lipinski definition) is 1. The average Bonchev–Trinajstić information content (AvgIpc) is 2.73. The standard InChI is InChI=1S/C17H17NO3S/c1-11-9-14(19)16(17(20)21-11)13-10-15(22-8-7-18-13)12-5-3-2-4-6-12/h2-6,9,15,19H,7-8,10H2,1H3. The number of benzene rings is 1. The van der Waals surface area contributed by atoms with Crippen molar-refractivity contribution in [3.8, 4) is 5.75 Å². The van der Waals surface area contributed by atoms with Gasteiger partial charge in [0.25, 0.3) is 0 Å². The van der Waals surface area contributed by atoms with Gasteiger partial charge in [-0.3, -0.25) is 4.99 Å². The Morgan fingerprint density at radius 1 is 1.32 bits per heavy atom. The van der Waals surface area contributed by atoms with Gasteiger partial charge in [0.1, 0.15) is 17.1 Å². The molecular weight excluding hydrogens is 298 g/mol. The lowest BCUT2D eigenvalue weighted by molar-refractivity contribution is 0.432. The SMILES string of the molecule is Cc1cc(O)c(C2=NCCSC(c3ccccc3)C2)c(=O)o1. The quantitative estimate of drug-likeness (QED) is 0.923. The van der Waals surface area contributed by atoms with Crippen LogP contribution < -0.4 is 5.63 Å². The van der Waals surface area contributed by atoms with Crippen molar-refractivity contribution >= 4 is 17.5 Å². The first-order valence-corrected chi connectivity index (χ1v) is 8.24. The molecule has 1 N–H and O–H groups in total. The highest BCUT2D eigenvalue weighted by atomic mass is 32.2. The summed E-state index contributed by atoms with van der Waals surface area (Å²) >= 11 is 1.82. The minimum Gasteiger partial charge on any atom is -0.507 e. The van der Waals surface area contributed by atoms with Crippen molar-refractivity contribution in [3.05, 3.63) is 63.7 Å². The van der Waals surface area contributed by atoms with Gasteiger partial charge in [-0.05, 0) is 12.5 Å². The van der Waals surface area contributed by atoms with Crippen LogP contribution in [-0.2, 0) is 0 Å². The number of aliphatic imine (C=N–C) groups is 1. The molecule has 4 nitrogen and oxygen atoms in total. The zero-order chi connectivity index (χ0) is 15.5. The van der Waals surface area contributed by atoms with E-state index in [1.54, 1.807) is 6.92 Å². The summed E-state index contributed by atoms with van der Waals surface area (Å²) in [6, 6.07) is 11.6. The third-order valence-corrected chi connectivity index (χ3v) is 4.87. The number of thioether (sulfide) groups is 1. The molecule has 0 fully saturated rings. The second-order valence-corrected chi connectivity index (χ2v) is 6.52. The van der Waals surface area contributed by atoms with Crippen LogP contribution >= 0.6 is 11.8 Å². The highest BCUT2D eigenvalue weighted by molar-refractivity contribution is 7.99. The molecule has 0 bridgehead atoms. The summed E-state index contributed by atoms with van der Waals surface area (Å²) in [4.78, 5) is 16.6. The summed E-state index contributed by atoms with van der Waals surface area (Å²) in [5.41, 5.74) is 1.52. The Morgan fingerprint density at radius 3 is 2.82 bits per heavy atom. The van der Waals surface area contributed by atoms with Gasteiger partial charge in [-0.25, -0.2) is 4.79 Å². The fourth-order valence-corrected chi connectivity index (χ4v) is 3.71. The van der Waals surface area contributed by atoms with E-state index in [0.717, 1.165) is 5.75 Å². The number of hydrogen-bond acceptors (Lipinski definition) is 5. The minimum atomic E-state index is -0.519. The molecule has 0 aliphatic carbocycles. The van der Waals surface area contributed by atoms with E-state index >= 15 is 0 Å². The molecule has 0 amide bonds. The number of aromatic hydroxyl groups is 1. The van der Waals surface area contributed by atoms with Gasteiger partial charge in [-0.2, -0.15) is 11.8 Å². The van der Waals surface area contributed by atoms with Crippen molar-refractivity contribution in [3.63, 3.8) is 0 Å². The van der Waals surface area contributed by atoms with Crippen molar-refractivity contribution in [1.82, 2.24) is 0 Å². The lowest BCUT2D eigenvalue weighted by atomic mass is 10.0. The van der Waals surface area contributed by atoms with E-state index in [2.05, 4.69) is 17.1 Å². The Balaban J connectivity index is 1.97. The van der Waals surface area contributed by atoms with Crippen LogP contribution in [0.1, 0.15) is 28.6 Å². The Labute approximate surface area is 132 Å². The zero-order valence-electron chi connectivity index (χ0n) is 12.3. The van der Waals surface area contributed by atoms with Crippen molar-refractivity contribution < 1.29 is 9.52 Å². The molecule has 22 heavy (non-hydrogen) atoms. The van der Waals surface area contributed by atoms with Gasteiger partial charge in [0, 0.05) is 30.0 Å². The molecule has 0 spiro atoms. The fourth-order valence-electron chi connectivity index (χ4n) is 2.60. The number of aryl methyl sites for hydroxylation is 1. The summed E-state index contributed by atoms with van der Waals surface area (Å²) in [6.45, 7) is 2.28. The van der Waals surface area contributed by atoms with Crippen LogP contribution in [0.2, 0.25) is 0 Å². The van der Waals surface area contributed by atoms with E-state index in [9.17, 15) is 9.90 Å². The molecule has 1 atom stereocenters. The highest BCUT2D eigenvalue weighted by Crippen LogP contribution is 2.35. The molecule has 0 radical (unpaired) electrons. The maximum atomic E-state index is 12.1. The Hall–Kier alpha value is -2.01. The lowest BCUT2D eigenvalue weighted by Gasteiger charge is -2.15. The van der Waals surface area contributed by atoms with Gasteiger partial charge in [-0.1, -0.05) is 30.3 Å². The second kappa shape index (κ2) is 6.40. The third kappa shape index (κ3) is 3.09. The number of rotatable bonds is 2. The third-order valence-electron chi connectivity index (χ3n) is 3.61. The van der Waals surface area contributed by atoms with E-state index in [1.807, 2.05) is 30.0 Å². The fraction of sp³-hybridized carbons (Fsp3) is 0.294. The maximum Gasteiger partial charge on any atom is 0.348 e. The molecule has 1 aliphatic rings. The van der Waals surface area contributed by atoms with Crippen molar-refractivity contribution in [2.45, 2.75) is 18.6 Å². The summed E-state index contributed by atoms with van der Waals surface area (Å²) in [7, 11) is 0. The molecule has 1 aromatic heterocycles. The molecule has 2 aromatic rings. The van der Waals surface area contributed by atoms with Crippen LogP contribution in [0, 0.1) is 6.92 Å². The van der Waals surface area contributed by atoms with E-state index in [1.165, 1.54) is 11.6 Å². The van der Waals surface area contributed by atoms with Crippen molar-refractivity contribution in [2.75, 3.05) is 12.3 Å². The largest absolute Gasteiger partial charge is 0.507 e. The first-order chi connectivity index (χ1) is 10.6. The molecule has 0 saturated carbocycles. The van der Waals surface area contributed by atoms with Gasteiger partial charge in [-0.15, -0.1) is 0 Å². The monoisotopic (exact) mass is 315 g/mol. The predicted octanol–water partition coefficient (Wildman–Crippen LogP) is 3.32. The van der Waals surface area contributed by atoms with E-state index in [0.29, 0.717) is 24.4 Å². The molecule has 3 rings (SSSR count). The molecule has 1 aromatic carbocycles. The number of nitrogens with zero attached hydrogens (tertiary/aromatic N) is 1. The minimum absolute atomic E-state index is 0.0498.